The maximum atomic E-state index is 13.0. The Kier molecular flexibility index (Phi) is 6.58. The normalized spacial score (nSPS) is 11.4. The lowest BCUT2D eigenvalue weighted by Crippen LogP contribution is -2.26. The molecule has 0 fully saturated rings. The minimum absolute atomic E-state index is 0.0262. The first kappa shape index (κ1) is 21.7. The Morgan fingerprint density at radius 2 is 1.78 bits per heavy atom. The minimum Gasteiger partial charge on any atom is -0.274 e. The van der Waals surface area contributed by atoms with Gasteiger partial charge in [0.15, 0.2) is 0 Å². The van der Waals surface area contributed by atoms with Crippen molar-refractivity contribution in [3.63, 3.8) is 0 Å². The molecule has 0 saturated carbocycles. The molecule has 4 aromatic rings. The summed E-state index contributed by atoms with van der Waals surface area (Å²) in [5, 5.41) is 18.8. The summed E-state index contributed by atoms with van der Waals surface area (Å²) in [4.78, 5) is 13.0. The van der Waals surface area contributed by atoms with Crippen molar-refractivity contribution in [1.29, 1.82) is 0 Å². The third-order valence-electron chi connectivity index (χ3n) is 5.54. The number of aromatic amines is 1. The Labute approximate surface area is 187 Å². The SMILES string of the molecule is CCCCCn1nc(C(C)C)n(Cc2ccc(-c3cccc(-c4nn[nH]n4)c3)cc2)c1=O. The largest absolute Gasteiger partial charge is 0.346 e. The van der Waals surface area contributed by atoms with E-state index in [1.807, 2.05) is 22.8 Å². The van der Waals surface area contributed by atoms with Crippen molar-refractivity contribution in [2.75, 3.05) is 0 Å². The highest BCUT2D eigenvalue weighted by atomic mass is 16.2. The number of aromatic nitrogens is 7. The third kappa shape index (κ3) is 4.69. The molecule has 0 bridgehead atoms. The average Bonchev–Trinajstić information content (AvgIpc) is 3.45. The highest BCUT2D eigenvalue weighted by Gasteiger charge is 2.16. The summed E-state index contributed by atoms with van der Waals surface area (Å²) in [6.07, 6.45) is 3.20. The first-order valence-corrected chi connectivity index (χ1v) is 11.2. The molecule has 0 aliphatic rings. The molecule has 1 N–H and O–H groups in total. The molecule has 0 saturated heterocycles. The molecule has 0 atom stereocenters. The van der Waals surface area contributed by atoms with E-state index in [9.17, 15) is 4.79 Å². The molecule has 0 radical (unpaired) electrons. The van der Waals surface area contributed by atoms with Crippen LogP contribution in [0.25, 0.3) is 22.5 Å². The number of tetrazole rings is 1. The van der Waals surface area contributed by atoms with Gasteiger partial charge in [0, 0.05) is 18.0 Å². The van der Waals surface area contributed by atoms with Crippen LogP contribution in [0.15, 0.2) is 53.3 Å². The molecule has 4 rings (SSSR count). The van der Waals surface area contributed by atoms with Crippen molar-refractivity contribution in [3.8, 4) is 22.5 Å². The number of H-pyrrole nitrogens is 1. The van der Waals surface area contributed by atoms with E-state index in [0.29, 0.717) is 18.9 Å². The van der Waals surface area contributed by atoms with Crippen LogP contribution in [0.3, 0.4) is 0 Å². The molecule has 8 heteroatoms. The van der Waals surface area contributed by atoms with E-state index >= 15 is 0 Å². The van der Waals surface area contributed by atoms with Gasteiger partial charge in [0.2, 0.25) is 5.82 Å². The second-order valence-corrected chi connectivity index (χ2v) is 8.33. The Morgan fingerprint density at radius 1 is 1.00 bits per heavy atom. The van der Waals surface area contributed by atoms with Crippen molar-refractivity contribution < 1.29 is 0 Å². The number of rotatable bonds is 9. The van der Waals surface area contributed by atoms with Gasteiger partial charge in [-0.3, -0.25) is 4.57 Å². The molecule has 2 aromatic heterocycles. The first-order valence-electron chi connectivity index (χ1n) is 11.2. The summed E-state index contributed by atoms with van der Waals surface area (Å²) in [5.74, 6) is 1.59. The summed E-state index contributed by atoms with van der Waals surface area (Å²) in [5.41, 5.74) is 4.11. The van der Waals surface area contributed by atoms with Gasteiger partial charge in [-0.1, -0.05) is 76.1 Å². The number of hydrogen-bond acceptors (Lipinski definition) is 5. The van der Waals surface area contributed by atoms with E-state index in [1.54, 1.807) is 4.68 Å². The quantitative estimate of drug-likeness (QED) is 0.400. The number of unbranched alkanes of at least 4 members (excludes halogenated alkanes) is 2. The Morgan fingerprint density at radius 3 is 2.47 bits per heavy atom. The first-order chi connectivity index (χ1) is 15.6. The van der Waals surface area contributed by atoms with Crippen LogP contribution < -0.4 is 5.69 Å². The van der Waals surface area contributed by atoms with Crippen molar-refractivity contribution in [3.05, 3.63) is 70.4 Å². The highest BCUT2D eigenvalue weighted by Crippen LogP contribution is 2.25. The van der Waals surface area contributed by atoms with E-state index in [-0.39, 0.29) is 11.6 Å². The van der Waals surface area contributed by atoms with E-state index in [4.69, 9.17) is 0 Å². The number of hydrogen-bond donors (Lipinski definition) is 1. The number of nitrogens with zero attached hydrogens (tertiary/aromatic N) is 6. The van der Waals surface area contributed by atoms with Crippen LogP contribution in [0, 0.1) is 0 Å². The third-order valence-corrected chi connectivity index (χ3v) is 5.54. The van der Waals surface area contributed by atoms with Gasteiger partial charge in [-0.05, 0) is 34.4 Å². The van der Waals surface area contributed by atoms with Gasteiger partial charge in [0.05, 0.1) is 6.54 Å². The maximum absolute atomic E-state index is 13.0. The summed E-state index contributed by atoms with van der Waals surface area (Å²) < 4.78 is 3.44. The standard InChI is InChI=1S/C24H29N7O/c1-4-5-6-14-31-24(32)30(23(27-31)17(2)3)16-18-10-12-19(13-11-18)20-8-7-9-21(15-20)22-25-28-29-26-22/h7-13,15,17H,4-6,14,16H2,1-3H3,(H,25,26,28,29). The van der Waals surface area contributed by atoms with Crippen LogP contribution in [-0.4, -0.2) is 35.0 Å². The fraction of sp³-hybridized carbons (Fsp3) is 0.375. The van der Waals surface area contributed by atoms with Crippen LogP contribution in [0.5, 0.6) is 0 Å². The molecule has 8 nitrogen and oxygen atoms in total. The Balaban J connectivity index is 1.56. The molecule has 0 spiro atoms. The topological polar surface area (TPSA) is 94.3 Å². The fourth-order valence-corrected chi connectivity index (χ4v) is 3.80. The van der Waals surface area contributed by atoms with Gasteiger partial charge < -0.3 is 0 Å². The van der Waals surface area contributed by atoms with E-state index in [2.05, 4.69) is 76.8 Å². The minimum atomic E-state index is -0.0262. The van der Waals surface area contributed by atoms with Gasteiger partial charge in [0.1, 0.15) is 5.82 Å². The van der Waals surface area contributed by atoms with Gasteiger partial charge in [0.25, 0.3) is 0 Å². The fourth-order valence-electron chi connectivity index (χ4n) is 3.80. The molecule has 0 amide bonds. The molecule has 32 heavy (non-hydrogen) atoms. The predicted molar refractivity (Wildman–Crippen MR) is 124 cm³/mol. The molecule has 0 aliphatic carbocycles. The average molecular weight is 432 g/mol. The Hall–Kier alpha value is -3.55. The molecule has 166 valence electrons. The van der Waals surface area contributed by atoms with Crippen molar-refractivity contribution in [2.24, 2.45) is 0 Å². The van der Waals surface area contributed by atoms with Crippen LogP contribution in [-0.2, 0) is 13.1 Å². The summed E-state index contributed by atoms with van der Waals surface area (Å²) in [6.45, 7) is 7.51. The molecule has 0 unspecified atom stereocenters. The lowest BCUT2D eigenvalue weighted by molar-refractivity contribution is 0.529. The second kappa shape index (κ2) is 9.72. The lowest BCUT2D eigenvalue weighted by atomic mass is 10.0. The van der Waals surface area contributed by atoms with Crippen LogP contribution in [0.2, 0.25) is 0 Å². The monoisotopic (exact) mass is 431 g/mol. The van der Waals surface area contributed by atoms with Gasteiger partial charge in [-0.15, -0.1) is 10.2 Å². The zero-order valence-corrected chi connectivity index (χ0v) is 18.8. The van der Waals surface area contributed by atoms with Crippen molar-refractivity contribution >= 4 is 0 Å². The number of aryl methyl sites for hydroxylation is 1. The van der Waals surface area contributed by atoms with Crippen LogP contribution in [0.1, 0.15) is 57.3 Å². The van der Waals surface area contributed by atoms with Crippen molar-refractivity contribution in [2.45, 2.75) is 59.0 Å². The van der Waals surface area contributed by atoms with Gasteiger partial charge in [-0.2, -0.15) is 10.3 Å². The molecule has 2 aromatic carbocycles. The second-order valence-electron chi connectivity index (χ2n) is 8.33. The summed E-state index contributed by atoms with van der Waals surface area (Å²) in [7, 11) is 0. The van der Waals surface area contributed by atoms with Gasteiger partial charge in [-0.25, -0.2) is 9.48 Å². The summed E-state index contributed by atoms with van der Waals surface area (Å²) >= 11 is 0. The van der Waals surface area contributed by atoms with Crippen LogP contribution in [0.4, 0.5) is 0 Å². The molecule has 0 aliphatic heterocycles. The maximum Gasteiger partial charge on any atom is 0.346 e. The molecular weight excluding hydrogens is 402 g/mol. The zero-order chi connectivity index (χ0) is 22.5. The van der Waals surface area contributed by atoms with Crippen LogP contribution >= 0.6 is 0 Å². The lowest BCUT2D eigenvalue weighted by Gasteiger charge is -2.09. The Bertz CT molecular complexity index is 1200. The van der Waals surface area contributed by atoms with Crippen molar-refractivity contribution in [1.82, 2.24) is 35.0 Å². The number of nitrogens with one attached hydrogen (secondary N) is 1. The van der Waals surface area contributed by atoms with E-state index < -0.39 is 0 Å². The smallest absolute Gasteiger partial charge is 0.274 e. The molecular formula is C24H29N7O. The van der Waals surface area contributed by atoms with Gasteiger partial charge >= 0.3 is 5.69 Å². The van der Waals surface area contributed by atoms with E-state index in [1.165, 1.54) is 0 Å². The number of benzene rings is 2. The summed E-state index contributed by atoms with van der Waals surface area (Å²) in [6, 6.07) is 16.3. The predicted octanol–water partition coefficient (Wildman–Crippen LogP) is 4.25. The highest BCUT2D eigenvalue weighted by molar-refractivity contribution is 5.70. The van der Waals surface area contributed by atoms with E-state index in [0.717, 1.165) is 47.3 Å². The zero-order valence-electron chi connectivity index (χ0n) is 18.8. The molecule has 2 heterocycles.